The van der Waals surface area contributed by atoms with Crippen LogP contribution in [-0.2, 0) is 0 Å². The smallest absolute Gasteiger partial charge is 0.0916 e. The van der Waals surface area contributed by atoms with Gasteiger partial charge in [-0.3, -0.25) is 4.90 Å². The molecule has 0 saturated carbocycles. The Bertz CT molecular complexity index is 322. The molecule has 0 aliphatic carbocycles. The Labute approximate surface area is 101 Å². The minimum absolute atomic E-state index is 0.421. The van der Waals surface area contributed by atoms with Crippen LogP contribution in [0.25, 0.3) is 0 Å². The van der Waals surface area contributed by atoms with Crippen LogP contribution in [0.15, 0.2) is 24.3 Å². The van der Waals surface area contributed by atoms with Crippen molar-refractivity contribution in [2.75, 3.05) is 32.7 Å². The van der Waals surface area contributed by atoms with Gasteiger partial charge in [-0.2, -0.15) is 0 Å². The third kappa shape index (κ3) is 3.19. The van der Waals surface area contributed by atoms with E-state index in [9.17, 15) is 5.11 Å². The lowest BCUT2D eigenvalue weighted by Gasteiger charge is -2.29. The number of piperazine rings is 1. The van der Waals surface area contributed by atoms with Crippen molar-refractivity contribution in [3.63, 3.8) is 0 Å². The van der Waals surface area contributed by atoms with E-state index in [1.807, 2.05) is 24.3 Å². The van der Waals surface area contributed by atoms with Crippen LogP contribution < -0.4 is 5.32 Å². The molecule has 88 valence electrons. The Morgan fingerprint density at radius 1 is 1.25 bits per heavy atom. The van der Waals surface area contributed by atoms with Crippen molar-refractivity contribution in [3.8, 4) is 0 Å². The number of β-amino-alcohol motifs (C(OH)–C–C–N with tert-alkyl or cyclic N) is 1. The third-order valence-electron chi connectivity index (χ3n) is 2.90. The molecule has 1 atom stereocenters. The molecule has 0 spiro atoms. The van der Waals surface area contributed by atoms with E-state index in [1.165, 1.54) is 0 Å². The van der Waals surface area contributed by atoms with Crippen LogP contribution in [0.5, 0.6) is 0 Å². The molecule has 0 amide bonds. The Balaban J connectivity index is 1.91. The topological polar surface area (TPSA) is 35.5 Å². The molecule has 2 rings (SSSR count). The first-order valence-corrected chi connectivity index (χ1v) is 6.00. The maximum atomic E-state index is 10.1. The second-order valence-corrected chi connectivity index (χ2v) is 4.55. The number of hydrogen-bond donors (Lipinski definition) is 2. The van der Waals surface area contributed by atoms with Crippen molar-refractivity contribution >= 4 is 11.6 Å². The Morgan fingerprint density at radius 3 is 2.50 bits per heavy atom. The number of benzene rings is 1. The molecule has 3 nitrogen and oxygen atoms in total. The van der Waals surface area contributed by atoms with Crippen molar-refractivity contribution in [3.05, 3.63) is 34.9 Å². The summed E-state index contributed by atoms with van der Waals surface area (Å²) < 4.78 is 0. The fourth-order valence-electron chi connectivity index (χ4n) is 1.93. The van der Waals surface area contributed by atoms with Gasteiger partial charge in [0.15, 0.2) is 0 Å². The summed E-state index contributed by atoms with van der Waals surface area (Å²) in [5.74, 6) is 0. The summed E-state index contributed by atoms with van der Waals surface area (Å²) in [5, 5.41) is 14.1. The van der Waals surface area contributed by atoms with Crippen LogP contribution in [-0.4, -0.2) is 42.7 Å². The highest BCUT2D eigenvalue weighted by atomic mass is 35.5. The van der Waals surface area contributed by atoms with E-state index in [1.54, 1.807) is 0 Å². The number of rotatable bonds is 3. The molecule has 2 N–H and O–H groups in total. The van der Waals surface area contributed by atoms with Crippen molar-refractivity contribution in [1.29, 1.82) is 0 Å². The van der Waals surface area contributed by atoms with Crippen molar-refractivity contribution < 1.29 is 5.11 Å². The number of nitrogens with zero attached hydrogens (tertiary/aromatic N) is 1. The molecule has 1 aromatic rings. The lowest BCUT2D eigenvalue weighted by Crippen LogP contribution is -2.44. The maximum absolute atomic E-state index is 10.1. The van der Waals surface area contributed by atoms with Crippen LogP contribution in [0.3, 0.4) is 0 Å². The zero-order valence-electron chi connectivity index (χ0n) is 9.19. The van der Waals surface area contributed by atoms with E-state index < -0.39 is 6.10 Å². The molecule has 16 heavy (non-hydrogen) atoms. The summed E-state index contributed by atoms with van der Waals surface area (Å²) in [6.07, 6.45) is -0.421. The van der Waals surface area contributed by atoms with Gasteiger partial charge in [0.2, 0.25) is 0 Å². The van der Waals surface area contributed by atoms with Crippen LogP contribution in [0.4, 0.5) is 0 Å². The molecular weight excluding hydrogens is 224 g/mol. The maximum Gasteiger partial charge on any atom is 0.0916 e. The van der Waals surface area contributed by atoms with Gasteiger partial charge in [0.05, 0.1) is 6.10 Å². The summed E-state index contributed by atoms with van der Waals surface area (Å²) in [7, 11) is 0. The van der Waals surface area contributed by atoms with Gasteiger partial charge in [0, 0.05) is 37.7 Å². The Morgan fingerprint density at radius 2 is 1.88 bits per heavy atom. The molecule has 0 aromatic heterocycles. The summed E-state index contributed by atoms with van der Waals surface area (Å²) in [6, 6.07) is 7.40. The van der Waals surface area contributed by atoms with Gasteiger partial charge in [-0.15, -0.1) is 0 Å². The highest BCUT2D eigenvalue weighted by Gasteiger charge is 2.15. The highest BCUT2D eigenvalue weighted by molar-refractivity contribution is 6.30. The summed E-state index contributed by atoms with van der Waals surface area (Å²) in [4.78, 5) is 2.27. The average molecular weight is 241 g/mol. The molecule has 1 fully saturated rings. The second-order valence-electron chi connectivity index (χ2n) is 4.12. The van der Waals surface area contributed by atoms with Crippen LogP contribution in [0, 0.1) is 0 Å². The van der Waals surface area contributed by atoms with Gasteiger partial charge < -0.3 is 10.4 Å². The molecule has 0 unspecified atom stereocenters. The normalized spacial score (nSPS) is 19.6. The zero-order chi connectivity index (χ0) is 11.4. The van der Waals surface area contributed by atoms with Crippen LogP contribution in [0.1, 0.15) is 11.7 Å². The summed E-state index contributed by atoms with van der Waals surface area (Å²) in [5.41, 5.74) is 0.933. The minimum Gasteiger partial charge on any atom is -0.387 e. The first-order chi connectivity index (χ1) is 7.75. The number of nitrogens with one attached hydrogen (secondary N) is 1. The predicted molar refractivity (Wildman–Crippen MR) is 65.7 cm³/mol. The first kappa shape index (κ1) is 11.9. The molecular formula is C12H17ClN2O. The molecule has 0 radical (unpaired) electrons. The fraction of sp³-hybridized carbons (Fsp3) is 0.500. The van der Waals surface area contributed by atoms with E-state index in [0.717, 1.165) is 31.7 Å². The fourth-order valence-corrected chi connectivity index (χ4v) is 2.05. The zero-order valence-corrected chi connectivity index (χ0v) is 9.95. The van der Waals surface area contributed by atoms with Crippen molar-refractivity contribution in [2.24, 2.45) is 0 Å². The Kier molecular flexibility index (Phi) is 4.18. The number of halogens is 1. The molecule has 0 bridgehead atoms. The van der Waals surface area contributed by atoms with E-state index in [0.29, 0.717) is 11.6 Å². The third-order valence-corrected chi connectivity index (χ3v) is 3.15. The van der Waals surface area contributed by atoms with Crippen LogP contribution >= 0.6 is 11.6 Å². The lowest BCUT2D eigenvalue weighted by molar-refractivity contribution is 0.105. The van der Waals surface area contributed by atoms with E-state index in [2.05, 4.69) is 10.2 Å². The van der Waals surface area contributed by atoms with Crippen molar-refractivity contribution in [2.45, 2.75) is 6.10 Å². The molecule has 4 heteroatoms. The van der Waals surface area contributed by atoms with E-state index >= 15 is 0 Å². The molecule has 1 heterocycles. The van der Waals surface area contributed by atoms with Gasteiger partial charge in [-0.05, 0) is 17.7 Å². The van der Waals surface area contributed by atoms with Gasteiger partial charge in [-0.1, -0.05) is 23.7 Å². The minimum atomic E-state index is -0.421. The standard InChI is InChI=1S/C12H17ClN2O/c13-11-3-1-10(2-4-11)12(16)9-15-7-5-14-6-8-15/h1-4,12,14,16H,5-9H2/t12-/m0/s1. The van der Waals surface area contributed by atoms with Crippen LogP contribution in [0.2, 0.25) is 5.02 Å². The van der Waals surface area contributed by atoms with Gasteiger partial charge >= 0.3 is 0 Å². The monoisotopic (exact) mass is 240 g/mol. The largest absolute Gasteiger partial charge is 0.387 e. The summed E-state index contributed by atoms with van der Waals surface area (Å²) in [6.45, 7) is 4.72. The molecule has 1 aliphatic rings. The number of aliphatic hydroxyl groups excluding tert-OH is 1. The second kappa shape index (κ2) is 5.64. The van der Waals surface area contributed by atoms with E-state index in [4.69, 9.17) is 11.6 Å². The van der Waals surface area contributed by atoms with E-state index in [-0.39, 0.29) is 0 Å². The predicted octanol–water partition coefficient (Wildman–Crippen LogP) is 1.28. The Hall–Kier alpha value is -0.610. The molecule has 1 aromatic carbocycles. The van der Waals surface area contributed by atoms with Crippen molar-refractivity contribution in [1.82, 2.24) is 10.2 Å². The number of hydrogen-bond acceptors (Lipinski definition) is 3. The van der Waals surface area contributed by atoms with Gasteiger partial charge in [-0.25, -0.2) is 0 Å². The average Bonchev–Trinajstić information content (AvgIpc) is 2.31. The summed E-state index contributed by atoms with van der Waals surface area (Å²) >= 11 is 5.81. The molecule has 1 aliphatic heterocycles. The highest BCUT2D eigenvalue weighted by Crippen LogP contribution is 2.17. The lowest BCUT2D eigenvalue weighted by atomic mass is 10.1. The van der Waals surface area contributed by atoms with Gasteiger partial charge in [0.25, 0.3) is 0 Å². The SMILES string of the molecule is O[C@@H](CN1CCNCC1)c1ccc(Cl)cc1. The molecule has 1 saturated heterocycles. The number of aliphatic hydroxyl groups is 1. The first-order valence-electron chi connectivity index (χ1n) is 5.62. The quantitative estimate of drug-likeness (QED) is 0.836. The van der Waals surface area contributed by atoms with Gasteiger partial charge in [0.1, 0.15) is 0 Å².